The molecule has 4 atom stereocenters. The van der Waals surface area contributed by atoms with Crippen LogP contribution in [0.5, 0.6) is 0 Å². The second-order valence-electron chi connectivity index (χ2n) is 8.43. The summed E-state index contributed by atoms with van der Waals surface area (Å²) in [5.74, 6) is -3.92. The van der Waals surface area contributed by atoms with Gasteiger partial charge in [-0.3, -0.25) is 19.2 Å². The molecule has 0 saturated carbocycles. The molecule has 0 aliphatic heterocycles. The fraction of sp³-hybridized carbons (Fsp3) is 0.522. The highest BCUT2D eigenvalue weighted by Gasteiger charge is 2.31. The molecule has 11 nitrogen and oxygen atoms in total. The van der Waals surface area contributed by atoms with Gasteiger partial charge in [-0.1, -0.05) is 44.2 Å². The van der Waals surface area contributed by atoms with E-state index < -0.39 is 60.2 Å². The number of hydrogen-bond acceptors (Lipinski definition) is 7. The molecule has 35 heavy (non-hydrogen) atoms. The maximum atomic E-state index is 13.0. The van der Waals surface area contributed by atoms with Crippen molar-refractivity contribution in [1.82, 2.24) is 16.0 Å². The minimum Gasteiger partial charge on any atom is -0.480 e. The third-order valence-corrected chi connectivity index (χ3v) is 5.84. The monoisotopic (exact) mass is 509 g/mol. The van der Waals surface area contributed by atoms with Crippen molar-refractivity contribution in [2.75, 3.05) is 12.0 Å². The first-order valence-electron chi connectivity index (χ1n) is 11.2. The van der Waals surface area contributed by atoms with E-state index in [1.807, 2.05) is 6.26 Å². The number of amides is 4. The van der Waals surface area contributed by atoms with E-state index in [1.54, 1.807) is 44.2 Å². The van der Waals surface area contributed by atoms with Crippen LogP contribution < -0.4 is 27.4 Å². The predicted molar refractivity (Wildman–Crippen MR) is 133 cm³/mol. The van der Waals surface area contributed by atoms with Crippen LogP contribution in [0.1, 0.15) is 32.3 Å². The number of nitrogens with one attached hydrogen (secondary N) is 3. The normalized spacial score (nSPS) is 14.3. The Kier molecular flexibility index (Phi) is 12.8. The minimum absolute atomic E-state index is 0.0541. The summed E-state index contributed by atoms with van der Waals surface area (Å²) in [7, 11) is 0. The van der Waals surface area contributed by atoms with Crippen LogP contribution in [0.2, 0.25) is 0 Å². The van der Waals surface area contributed by atoms with Crippen LogP contribution in [0.4, 0.5) is 0 Å². The minimum atomic E-state index is -1.34. The molecule has 0 heterocycles. The van der Waals surface area contributed by atoms with Gasteiger partial charge in [0.05, 0.1) is 12.5 Å². The lowest BCUT2D eigenvalue weighted by molar-refractivity contribution is -0.142. The van der Waals surface area contributed by atoms with Gasteiger partial charge in [0.15, 0.2) is 0 Å². The number of carboxylic acid groups (broad SMARTS) is 1. The summed E-state index contributed by atoms with van der Waals surface area (Å²) in [4.78, 5) is 61.5. The lowest BCUT2D eigenvalue weighted by atomic mass is 10.0. The van der Waals surface area contributed by atoms with Crippen molar-refractivity contribution in [3.8, 4) is 0 Å². The topological polar surface area (TPSA) is 194 Å². The zero-order valence-electron chi connectivity index (χ0n) is 20.2. The molecule has 4 unspecified atom stereocenters. The van der Waals surface area contributed by atoms with Gasteiger partial charge in [-0.2, -0.15) is 11.8 Å². The molecule has 1 rings (SSSR count). The molecule has 0 spiro atoms. The number of carboxylic acids is 1. The fourth-order valence-corrected chi connectivity index (χ4v) is 3.55. The van der Waals surface area contributed by atoms with Gasteiger partial charge in [0.1, 0.15) is 18.1 Å². The van der Waals surface area contributed by atoms with Crippen molar-refractivity contribution in [2.45, 2.75) is 57.3 Å². The third-order valence-electron chi connectivity index (χ3n) is 5.20. The lowest BCUT2D eigenvalue weighted by Crippen LogP contribution is -2.58. The number of carbonyl (C=O) groups is 5. The maximum absolute atomic E-state index is 13.0. The fourth-order valence-electron chi connectivity index (χ4n) is 3.08. The number of hydrogen-bond donors (Lipinski definition) is 6. The van der Waals surface area contributed by atoms with Gasteiger partial charge in [-0.05, 0) is 29.9 Å². The summed E-state index contributed by atoms with van der Waals surface area (Å²) in [6.45, 7) is 3.45. The number of nitrogens with two attached hydrogens (primary N) is 2. The van der Waals surface area contributed by atoms with Gasteiger partial charge in [0.25, 0.3) is 0 Å². The zero-order valence-corrected chi connectivity index (χ0v) is 21.0. The number of thioether (sulfide) groups is 1. The summed E-state index contributed by atoms with van der Waals surface area (Å²) in [6, 6.07) is 4.23. The van der Waals surface area contributed by atoms with E-state index in [9.17, 15) is 29.1 Å². The van der Waals surface area contributed by atoms with E-state index in [0.29, 0.717) is 5.75 Å². The van der Waals surface area contributed by atoms with Crippen molar-refractivity contribution in [3.05, 3.63) is 35.9 Å². The van der Waals surface area contributed by atoms with Crippen molar-refractivity contribution >= 4 is 41.4 Å². The van der Waals surface area contributed by atoms with Crippen LogP contribution in [-0.2, 0) is 30.4 Å². The molecule has 8 N–H and O–H groups in total. The van der Waals surface area contributed by atoms with E-state index in [4.69, 9.17) is 11.5 Å². The molecular weight excluding hydrogens is 474 g/mol. The maximum Gasteiger partial charge on any atom is 0.326 e. The molecule has 0 aliphatic carbocycles. The summed E-state index contributed by atoms with van der Waals surface area (Å²) >= 11 is 1.43. The quantitative estimate of drug-likeness (QED) is 0.180. The standard InChI is InChI=1S/C23H35N5O6S/c1-13(2)19(25)22(32)27-16(12-18(24)29)21(31)26-15(9-10-35-3)20(30)28-17(23(33)34)11-14-7-5-4-6-8-14/h4-8,13,15-17,19H,9-12,25H2,1-3H3,(H2,24,29)(H,26,31)(H,27,32)(H,28,30)(H,33,34). The first-order valence-corrected chi connectivity index (χ1v) is 12.6. The van der Waals surface area contributed by atoms with E-state index in [1.165, 1.54) is 11.8 Å². The Morgan fingerprint density at radius 3 is 1.97 bits per heavy atom. The van der Waals surface area contributed by atoms with Crippen molar-refractivity contribution in [2.24, 2.45) is 17.4 Å². The van der Waals surface area contributed by atoms with Crippen molar-refractivity contribution < 1.29 is 29.1 Å². The van der Waals surface area contributed by atoms with Gasteiger partial charge < -0.3 is 32.5 Å². The third kappa shape index (κ3) is 10.8. The van der Waals surface area contributed by atoms with Crippen LogP contribution in [0, 0.1) is 5.92 Å². The summed E-state index contributed by atoms with van der Waals surface area (Å²) in [5.41, 5.74) is 11.8. The number of primary amides is 1. The number of aliphatic carboxylic acids is 1. The first-order chi connectivity index (χ1) is 16.5. The van der Waals surface area contributed by atoms with E-state index in [2.05, 4.69) is 16.0 Å². The molecular formula is C23H35N5O6S. The van der Waals surface area contributed by atoms with Crippen molar-refractivity contribution in [3.63, 3.8) is 0 Å². The van der Waals surface area contributed by atoms with Gasteiger partial charge in [0.2, 0.25) is 23.6 Å². The zero-order chi connectivity index (χ0) is 26.5. The van der Waals surface area contributed by atoms with Gasteiger partial charge >= 0.3 is 5.97 Å². The van der Waals surface area contributed by atoms with Crippen LogP contribution in [-0.4, -0.2) is 70.9 Å². The second-order valence-corrected chi connectivity index (χ2v) is 9.42. The average molecular weight is 510 g/mol. The number of rotatable bonds is 15. The molecule has 194 valence electrons. The highest BCUT2D eigenvalue weighted by Crippen LogP contribution is 2.07. The smallest absolute Gasteiger partial charge is 0.326 e. The Balaban J connectivity index is 2.99. The highest BCUT2D eigenvalue weighted by atomic mass is 32.2. The second kappa shape index (κ2) is 15.0. The average Bonchev–Trinajstić information content (AvgIpc) is 2.80. The molecule has 1 aromatic carbocycles. The van der Waals surface area contributed by atoms with Crippen molar-refractivity contribution in [1.29, 1.82) is 0 Å². The molecule has 0 fully saturated rings. The lowest BCUT2D eigenvalue weighted by Gasteiger charge is -2.25. The highest BCUT2D eigenvalue weighted by molar-refractivity contribution is 7.98. The summed E-state index contributed by atoms with van der Waals surface area (Å²) in [5, 5.41) is 17.0. The molecule has 0 saturated heterocycles. The SMILES string of the molecule is CSCCC(NC(=O)C(CC(N)=O)NC(=O)C(N)C(C)C)C(=O)NC(Cc1ccccc1)C(=O)O. The Hall–Kier alpha value is -3.12. The molecule has 0 aromatic heterocycles. The summed E-state index contributed by atoms with van der Waals surface area (Å²) < 4.78 is 0. The molecule has 4 amide bonds. The van der Waals surface area contributed by atoms with E-state index in [-0.39, 0.29) is 18.8 Å². The van der Waals surface area contributed by atoms with E-state index in [0.717, 1.165) is 5.56 Å². The Morgan fingerprint density at radius 2 is 1.46 bits per heavy atom. The Bertz CT molecular complexity index is 882. The molecule has 1 aromatic rings. The summed E-state index contributed by atoms with van der Waals surface area (Å²) in [6.07, 6.45) is 1.57. The Labute approximate surface area is 209 Å². The van der Waals surface area contributed by atoms with Crippen LogP contribution in [0.15, 0.2) is 30.3 Å². The van der Waals surface area contributed by atoms with E-state index >= 15 is 0 Å². The molecule has 12 heteroatoms. The molecule has 0 radical (unpaired) electrons. The number of carbonyl (C=O) groups excluding carboxylic acids is 4. The predicted octanol–water partition coefficient (Wildman–Crippen LogP) is -0.620. The van der Waals surface area contributed by atoms with Crippen LogP contribution in [0.25, 0.3) is 0 Å². The first kappa shape index (κ1) is 29.9. The van der Waals surface area contributed by atoms with Gasteiger partial charge in [0, 0.05) is 6.42 Å². The number of benzene rings is 1. The van der Waals surface area contributed by atoms with Crippen LogP contribution >= 0.6 is 11.8 Å². The Morgan fingerprint density at radius 1 is 0.914 bits per heavy atom. The largest absolute Gasteiger partial charge is 0.480 e. The van der Waals surface area contributed by atoms with Gasteiger partial charge in [-0.25, -0.2) is 4.79 Å². The van der Waals surface area contributed by atoms with Gasteiger partial charge in [-0.15, -0.1) is 0 Å². The van der Waals surface area contributed by atoms with Crippen LogP contribution in [0.3, 0.4) is 0 Å². The molecule has 0 bridgehead atoms. The molecule has 0 aliphatic rings.